The van der Waals surface area contributed by atoms with Crippen molar-refractivity contribution in [1.82, 2.24) is 4.98 Å². The number of hydrogen-bond acceptors (Lipinski definition) is 5. The number of hydrogen-bond donors (Lipinski definition) is 2. The molecule has 0 aliphatic rings. The second-order valence-electron chi connectivity index (χ2n) is 6.41. The van der Waals surface area contributed by atoms with E-state index >= 15 is 0 Å². The summed E-state index contributed by atoms with van der Waals surface area (Å²) >= 11 is 0. The first kappa shape index (κ1) is 19.2. The van der Waals surface area contributed by atoms with Gasteiger partial charge in [0.15, 0.2) is 0 Å². The maximum Gasteiger partial charge on any atom is 0.274 e. The highest BCUT2D eigenvalue weighted by atomic mass is 16.5. The van der Waals surface area contributed by atoms with Crippen LogP contribution in [0.15, 0.2) is 66.9 Å². The summed E-state index contributed by atoms with van der Waals surface area (Å²) in [6, 6.07) is 18.8. The monoisotopic (exact) mass is 376 g/mol. The predicted molar refractivity (Wildman–Crippen MR) is 114 cm³/mol. The first-order valence-electron chi connectivity index (χ1n) is 9.10. The van der Waals surface area contributed by atoms with E-state index < -0.39 is 0 Å². The van der Waals surface area contributed by atoms with Gasteiger partial charge >= 0.3 is 0 Å². The lowest BCUT2D eigenvalue weighted by molar-refractivity contribution is 0.102. The van der Waals surface area contributed by atoms with Crippen molar-refractivity contribution in [2.45, 2.75) is 6.92 Å². The standard InChI is InChI=1S/C22H24N4O2/c1-4-28-20-12-7-16(8-13-20)24-18-9-14-21(23-15-18)22(27)25-17-5-10-19(11-6-17)26(2)3/h5-15,24H,4H2,1-3H3,(H,25,27). The van der Waals surface area contributed by atoms with E-state index in [2.05, 4.69) is 15.6 Å². The van der Waals surface area contributed by atoms with Gasteiger partial charge in [-0.15, -0.1) is 0 Å². The van der Waals surface area contributed by atoms with Gasteiger partial charge in [0, 0.05) is 31.2 Å². The molecule has 0 unspecified atom stereocenters. The molecule has 3 aromatic rings. The van der Waals surface area contributed by atoms with Gasteiger partial charge in [-0.3, -0.25) is 4.79 Å². The van der Waals surface area contributed by atoms with E-state index in [4.69, 9.17) is 4.74 Å². The zero-order valence-corrected chi connectivity index (χ0v) is 16.3. The van der Waals surface area contributed by atoms with Crippen LogP contribution in [0, 0.1) is 0 Å². The topological polar surface area (TPSA) is 66.5 Å². The van der Waals surface area contributed by atoms with Crippen LogP contribution < -0.4 is 20.3 Å². The second kappa shape index (κ2) is 8.90. The summed E-state index contributed by atoms with van der Waals surface area (Å²) in [6.07, 6.45) is 1.64. The van der Waals surface area contributed by atoms with Gasteiger partial charge in [-0.2, -0.15) is 0 Å². The van der Waals surface area contributed by atoms with Gasteiger partial charge in [0.05, 0.1) is 18.5 Å². The van der Waals surface area contributed by atoms with Gasteiger partial charge in [-0.05, 0) is 67.6 Å². The van der Waals surface area contributed by atoms with E-state index in [9.17, 15) is 4.79 Å². The minimum atomic E-state index is -0.245. The summed E-state index contributed by atoms with van der Waals surface area (Å²) in [5.74, 6) is 0.585. The SMILES string of the molecule is CCOc1ccc(Nc2ccc(C(=O)Nc3ccc(N(C)C)cc3)nc2)cc1. The highest BCUT2D eigenvalue weighted by Gasteiger charge is 2.08. The molecule has 0 spiro atoms. The minimum Gasteiger partial charge on any atom is -0.494 e. The average Bonchev–Trinajstić information content (AvgIpc) is 2.70. The zero-order chi connectivity index (χ0) is 19.9. The van der Waals surface area contributed by atoms with Gasteiger partial charge < -0.3 is 20.3 Å². The Bertz CT molecular complexity index is 905. The quantitative estimate of drug-likeness (QED) is 0.634. The Labute approximate surface area is 165 Å². The third-order valence-electron chi connectivity index (χ3n) is 4.09. The third-order valence-corrected chi connectivity index (χ3v) is 4.09. The minimum absolute atomic E-state index is 0.245. The molecule has 3 rings (SSSR count). The number of anilines is 4. The number of rotatable bonds is 7. The molecule has 1 heterocycles. The fraction of sp³-hybridized carbons (Fsp3) is 0.182. The maximum atomic E-state index is 12.4. The molecule has 2 N–H and O–H groups in total. The van der Waals surface area contributed by atoms with Gasteiger partial charge in [0.1, 0.15) is 11.4 Å². The number of benzene rings is 2. The fourth-order valence-electron chi connectivity index (χ4n) is 2.61. The van der Waals surface area contributed by atoms with Crippen LogP contribution in [0.3, 0.4) is 0 Å². The summed E-state index contributed by atoms with van der Waals surface area (Å²) in [6.45, 7) is 2.59. The van der Waals surface area contributed by atoms with E-state index in [1.54, 1.807) is 12.3 Å². The molecule has 0 saturated carbocycles. The Morgan fingerprint density at radius 2 is 1.57 bits per heavy atom. The number of pyridine rings is 1. The highest BCUT2D eigenvalue weighted by molar-refractivity contribution is 6.03. The van der Waals surface area contributed by atoms with Crippen LogP contribution >= 0.6 is 0 Å². The smallest absolute Gasteiger partial charge is 0.274 e. The summed E-state index contributed by atoms with van der Waals surface area (Å²) in [5, 5.41) is 6.11. The van der Waals surface area contributed by atoms with Crippen LogP contribution in [0.2, 0.25) is 0 Å². The van der Waals surface area contributed by atoms with Crippen molar-refractivity contribution >= 4 is 28.7 Å². The van der Waals surface area contributed by atoms with Crippen molar-refractivity contribution in [3.8, 4) is 5.75 Å². The molecular formula is C22H24N4O2. The van der Waals surface area contributed by atoms with Crippen LogP contribution in [0.4, 0.5) is 22.7 Å². The number of ether oxygens (including phenoxy) is 1. The Morgan fingerprint density at radius 1 is 0.929 bits per heavy atom. The van der Waals surface area contributed by atoms with Crippen LogP contribution in [0.25, 0.3) is 0 Å². The van der Waals surface area contributed by atoms with Crippen LogP contribution in [-0.2, 0) is 0 Å². The molecule has 144 valence electrons. The van der Waals surface area contributed by atoms with Crippen LogP contribution in [0.1, 0.15) is 17.4 Å². The van der Waals surface area contributed by atoms with Crippen LogP contribution in [0.5, 0.6) is 5.75 Å². The van der Waals surface area contributed by atoms with Crippen LogP contribution in [-0.4, -0.2) is 31.6 Å². The normalized spacial score (nSPS) is 10.2. The van der Waals surface area contributed by atoms with Crippen molar-refractivity contribution < 1.29 is 9.53 Å². The molecule has 0 radical (unpaired) electrons. The number of carbonyl (C=O) groups is 1. The van der Waals surface area contributed by atoms with Gasteiger partial charge in [0.2, 0.25) is 0 Å². The molecule has 6 nitrogen and oxygen atoms in total. The number of carbonyl (C=O) groups excluding carboxylic acids is 1. The first-order valence-corrected chi connectivity index (χ1v) is 9.10. The molecule has 0 aliphatic heterocycles. The lowest BCUT2D eigenvalue weighted by atomic mass is 10.2. The van der Waals surface area contributed by atoms with E-state index in [1.807, 2.05) is 80.5 Å². The molecule has 1 aromatic heterocycles. The summed E-state index contributed by atoms with van der Waals surface area (Å²) in [5.41, 5.74) is 3.88. The number of nitrogens with one attached hydrogen (secondary N) is 2. The van der Waals surface area contributed by atoms with E-state index in [0.717, 1.165) is 28.5 Å². The Hall–Kier alpha value is -3.54. The van der Waals surface area contributed by atoms with Crippen molar-refractivity contribution in [3.05, 3.63) is 72.6 Å². The largest absolute Gasteiger partial charge is 0.494 e. The van der Waals surface area contributed by atoms with Crippen molar-refractivity contribution in [1.29, 1.82) is 0 Å². The molecule has 28 heavy (non-hydrogen) atoms. The lowest BCUT2D eigenvalue weighted by Gasteiger charge is -2.13. The summed E-state index contributed by atoms with van der Waals surface area (Å²) < 4.78 is 5.43. The van der Waals surface area contributed by atoms with Gasteiger partial charge in [0.25, 0.3) is 5.91 Å². The number of amides is 1. The molecule has 0 atom stereocenters. The van der Waals surface area contributed by atoms with Crippen molar-refractivity contribution in [3.63, 3.8) is 0 Å². The van der Waals surface area contributed by atoms with Crippen molar-refractivity contribution in [2.75, 3.05) is 36.2 Å². The highest BCUT2D eigenvalue weighted by Crippen LogP contribution is 2.20. The first-order chi connectivity index (χ1) is 13.5. The molecule has 0 aliphatic carbocycles. The summed E-state index contributed by atoms with van der Waals surface area (Å²) in [4.78, 5) is 18.6. The van der Waals surface area contributed by atoms with Gasteiger partial charge in [-0.25, -0.2) is 4.98 Å². The van der Waals surface area contributed by atoms with E-state index in [1.165, 1.54) is 0 Å². The number of nitrogens with zero attached hydrogens (tertiary/aromatic N) is 2. The Balaban J connectivity index is 1.60. The van der Waals surface area contributed by atoms with E-state index in [-0.39, 0.29) is 5.91 Å². The molecule has 6 heteroatoms. The maximum absolute atomic E-state index is 12.4. The average molecular weight is 376 g/mol. The molecule has 2 aromatic carbocycles. The molecule has 0 fully saturated rings. The molecule has 0 saturated heterocycles. The zero-order valence-electron chi connectivity index (χ0n) is 16.3. The second-order valence-corrected chi connectivity index (χ2v) is 6.41. The van der Waals surface area contributed by atoms with Crippen molar-refractivity contribution in [2.24, 2.45) is 0 Å². The Kier molecular flexibility index (Phi) is 6.11. The Morgan fingerprint density at radius 3 is 2.14 bits per heavy atom. The third kappa shape index (κ3) is 5.01. The van der Waals surface area contributed by atoms with E-state index in [0.29, 0.717) is 12.3 Å². The molecule has 1 amide bonds. The summed E-state index contributed by atoms with van der Waals surface area (Å²) in [7, 11) is 3.95. The molecule has 0 bridgehead atoms. The fourth-order valence-corrected chi connectivity index (χ4v) is 2.61. The number of aromatic nitrogens is 1. The predicted octanol–water partition coefficient (Wildman–Crippen LogP) is 4.54. The lowest BCUT2D eigenvalue weighted by Crippen LogP contribution is -2.14. The van der Waals surface area contributed by atoms with Gasteiger partial charge in [-0.1, -0.05) is 0 Å². The molecular weight excluding hydrogens is 352 g/mol.